The van der Waals surface area contributed by atoms with Gasteiger partial charge in [-0.3, -0.25) is 0 Å². The molecule has 4 heteroatoms. The van der Waals surface area contributed by atoms with Gasteiger partial charge >= 0.3 is 0 Å². The molecule has 2 aliphatic rings. The molecule has 6 rings (SSSR count). The fourth-order valence-corrected chi connectivity index (χ4v) is 5.12. The van der Waals surface area contributed by atoms with E-state index in [2.05, 4.69) is 34.1 Å². The third kappa shape index (κ3) is 3.58. The minimum atomic E-state index is -0.627. The van der Waals surface area contributed by atoms with Gasteiger partial charge in [0.1, 0.15) is 12.2 Å². The quantitative estimate of drug-likeness (QED) is 0.467. The van der Waals surface area contributed by atoms with Crippen molar-refractivity contribution >= 4 is 11.4 Å². The molecule has 2 unspecified atom stereocenters. The zero-order valence-electron chi connectivity index (χ0n) is 18.3. The highest BCUT2D eigenvalue weighted by molar-refractivity contribution is 5.68. The summed E-state index contributed by atoms with van der Waals surface area (Å²) in [5, 5.41) is 21.8. The first kappa shape index (κ1) is 20.0. The predicted molar refractivity (Wildman–Crippen MR) is 131 cm³/mol. The molecule has 33 heavy (non-hydrogen) atoms. The molecule has 0 saturated heterocycles. The van der Waals surface area contributed by atoms with Gasteiger partial charge in [-0.15, -0.1) is 0 Å². The molecule has 0 amide bonds. The second-order valence-corrected chi connectivity index (χ2v) is 8.94. The van der Waals surface area contributed by atoms with E-state index in [1.807, 2.05) is 72.8 Å². The number of nitrogens with zero attached hydrogens (tertiary/aromatic N) is 2. The van der Waals surface area contributed by atoms with Crippen LogP contribution in [0.1, 0.15) is 45.6 Å². The number of anilines is 2. The lowest BCUT2D eigenvalue weighted by atomic mass is 9.94. The fraction of sp³-hybridized carbons (Fsp3) is 0.172. The summed E-state index contributed by atoms with van der Waals surface area (Å²) in [6.45, 7) is 2.45. The number of hydrogen-bond donors (Lipinski definition) is 2. The SMILES string of the molecule is OC(c1ccccc1)c1ccc2c(c1)CN1CN2Cc2cc(C(O)c3ccccc3)ccc21. The first-order chi connectivity index (χ1) is 16.2. The van der Waals surface area contributed by atoms with Crippen LogP contribution in [0.5, 0.6) is 0 Å². The van der Waals surface area contributed by atoms with Gasteiger partial charge in [0.05, 0.1) is 6.67 Å². The monoisotopic (exact) mass is 434 g/mol. The van der Waals surface area contributed by atoms with Crippen molar-refractivity contribution in [1.29, 1.82) is 0 Å². The van der Waals surface area contributed by atoms with Crippen LogP contribution >= 0.6 is 0 Å². The molecule has 0 spiro atoms. The van der Waals surface area contributed by atoms with Crippen molar-refractivity contribution in [3.63, 3.8) is 0 Å². The van der Waals surface area contributed by atoms with Gasteiger partial charge in [-0.25, -0.2) is 0 Å². The lowest BCUT2D eigenvalue weighted by Gasteiger charge is -2.45. The van der Waals surface area contributed by atoms with Crippen LogP contribution in [-0.2, 0) is 13.1 Å². The maximum atomic E-state index is 10.9. The molecule has 4 aromatic rings. The smallest absolute Gasteiger partial charge is 0.104 e. The predicted octanol–water partition coefficient (Wildman–Crippen LogP) is 5.15. The summed E-state index contributed by atoms with van der Waals surface area (Å²) in [5.41, 5.74) is 8.55. The summed E-state index contributed by atoms with van der Waals surface area (Å²) in [6, 6.07) is 32.3. The average molecular weight is 435 g/mol. The van der Waals surface area contributed by atoms with E-state index >= 15 is 0 Å². The molecule has 2 N–H and O–H groups in total. The Balaban J connectivity index is 1.30. The van der Waals surface area contributed by atoms with Crippen LogP contribution < -0.4 is 9.80 Å². The Hall–Kier alpha value is -3.60. The number of aliphatic hydroxyl groups excluding tert-OH is 2. The molecule has 0 fully saturated rings. The second-order valence-electron chi connectivity index (χ2n) is 8.94. The molecule has 0 aliphatic carbocycles. The normalized spacial score (nSPS) is 16.1. The summed E-state index contributed by atoms with van der Waals surface area (Å²) < 4.78 is 0. The van der Waals surface area contributed by atoms with Gasteiger partial charge in [0.15, 0.2) is 0 Å². The topological polar surface area (TPSA) is 46.9 Å². The summed E-state index contributed by atoms with van der Waals surface area (Å²) in [6.07, 6.45) is -1.25. The van der Waals surface area contributed by atoms with E-state index in [1.165, 1.54) is 22.5 Å². The maximum absolute atomic E-state index is 10.9. The average Bonchev–Trinajstić information content (AvgIpc) is 2.88. The van der Waals surface area contributed by atoms with Crippen LogP contribution in [0.2, 0.25) is 0 Å². The van der Waals surface area contributed by atoms with Crippen molar-refractivity contribution in [1.82, 2.24) is 0 Å². The summed E-state index contributed by atoms with van der Waals surface area (Å²) >= 11 is 0. The molecule has 4 nitrogen and oxygen atoms in total. The summed E-state index contributed by atoms with van der Waals surface area (Å²) in [4.78, 5) is 4.75. The van der Waals surface area contributed by atoms with Crippen LogP contribution in [-0.4, -0.2) is 16.9 Å². The van der Waals surface area contributed by atoms with E-state index in [-0.39, 0.29) is 0 Å². The van der Waals surface area contributed by atoms with Gasteiger partial charge in [-0.2, -0.15) is 0 Å². The molecule has 2 bridgehead atoms. The van der Waals surface area contributed by atoms with Crippen LogP contribution in [0.15, 0.2) is 97.1 Å². The Morgan fingerprint density at radius 2 is 0.939 bits per heavy atom. The van der Waals surface area contributed by atoms with Crippen molar-refractivity contribution in [2.45, 2.75) is 25.3 Å². The molecular formula is C29H26N2O2. The number of hydrogen-bond acceptors (Lipinski definition) is 4. The molecule has 164 valence electrons. The van der Waals surface area contributed by atoms with Crippen LogP contribution in [0, 0.1) is 0 Å². The zero-order chi connectivity index (χ0) is 22.4. The Morgan fingerprint density at radius 1 is 0.515 bits per heavy atom. The molecule has 2 atom stereocenters. The summed E-state index contributed by atoms with van der Waals surface area (Å²) in [5.74, 6) is 0. The van der Waals surface area contributed by atoms with Crippen LogP contribution in [0.4, 0.5) is 11.4 Å². The minimum absolute atomic E-state index is 0.627. The van der Waals surface area contributed by atoms with Crippen LogP contribution in [0.3, 0.4) is 0 Å². The van der Waals surface area contributed by atoms with E-state index < -0.39 is 12.2 Å². The van der Waals surface area contributed by atoms with E-state index in [9.17, 15) is 10.2 Å². The largest absolute Gasteiger partial charge is 0.384 e. The van der Waals surface area contributed by atoms with E-state index in [0.717, 1.165) is 42.0 Å². The number of benzene rings is 4. The molecular weight excluding hydrogens is 408 g/mol. The number of rotatable bonds is 4. The van der Waals surface area contributed by atoms with Gasteiger partial charge in [0.25, 0.3) is 0 Å². The third-order valence-electron chi connectivity index (χ3n) is 6.81. The Bertz CT molecular complexity index is 1190. The van der Waals surface area contributed by atoms with E-state index in [0.29, 0.717) is 0 Å². The standard InChI is InChI=1S/C29H26N2O2/c32-28(20-7-3-1-4-8-20)22-11-13-26-24(15-22)17-30-19-31(26)18-25-16-23(12-14-27(25)30)29(33)21-9-5-2-6-10-21/h1-16,28-29,32-33H,17-19H2. The molecule has 0 saturated carbocycles. The summed E-state index contributed by atoms with van der Waals surface area (Å²) in [7, 11) is 0. The molecule has 2 heterocycles. The van der Waals surface area contributed by atoms with Crippen molar-refractivity contribution in [3.8, 4) is 0 Å². The second kappa shape index (κ2) is 8.07. The molecule has 4 aromatic carbocycles. The zero-order valence-corrected chi connectivity index (χ0v) is 18.3. The first-order valence-corrected chi connectivity index (χ1v) is 11.4. The van der Waals surface area contributed by atoms with Crippen molar-refractivity contribution in [2.24, 2.45) is 0 Å². The first-order valence-electron chi connectivity index (χ1n) is 11.4. The molecule has 0 aromatic heterocycles. The van der Waals surface area contributed by atoms with Gasteiger partial charge in [-0.1, -0.05) is 72.8 Å². The lowest BCUT2D eigenvalue weighted by molar-refractivity contribution is 0.220. The Kier molecular flexibility index (Phi) is 4.90. The van der Waals surface area contributed by atoms with Gasteiger partial charge in [-0.05, 0) is 57.6 Å². The van der Waals surface area contributed by atoms with E-state index in [1.54, 1.807) is 0 Å². The van der Waals surface area contributed by atoms with Gasteiger partial charge in [0, 0.05) is 24.5 Å². The highest BCUT2D eigenvalue weighted by Gasteiger charge is 2.30. The molecule has 0 radical (unpaired) electrons. The number of fused-ring (bicyclic) bond motifs is 6. The lowest BCUT2D eigenvalue weighted by Crippen LogP contribution is -2.46. The fourth-order valence-electron chi connectivity index (χ4n) is 5.12. The maximum Gasteiger partial charge on any atom is 0.104 e. The number of aliphatic hydroxyl groups is 2. The Morgan fingerprint density at radius 3 is 1.36 bits per heavy atom. The Labute approximate surface area is 194 Å². The minimum Gasteiger partial charge on any atom is -0.384 e. The third-order valence-corrected chi connectivity index (χ3v) is 6.81. The van der Waals surface area contributed by atoms with Crippen molar-refractivity contribution in [3.05, 3.63) is 130 Å². The van der Waals surface area contributed by atoms with Crippen molar-refractivity contribution in [2.75, 3.05) is 16.5 Å². The van der Waals surface area contributed by atoms with Crippen molar-refractivity contribution < 1.29 is 10.2 Å². The van der Waals surface area contributed by atoms with Gasteiger partial charge in [0.2, 0.25) is 0 Å². The molecule has 2 aliphatic heterocycles. The highest BCUT2D eigenvalue weighted by Crippen LogP contribution is 2.40. The van der Waals surface area contributed by atoms with Crippen LogP contribution in [0.25, 0.3) is 0 Å². The highest BCUT2D eigenvalue weighted by atomic mass is 16.3. The van der Waals surface area contributed by atoms with Gasteiger partial charge < -0.3 is 20.0 Å². The van der Waals surface area contributed by atoms with E-state index in [4.69, 9.17) is 0 Å².